The quantitative estimate of drug-likeness (QED) is 0.468. The van der Waals surface area contributed by atoms with E-state index in [4.69, 9.17) is 9.97 Å². The Hall–Kier alpha value is -2.84. The van der Waals surface area contributed by atoms with Crippen LogP contribution in [0.1, 0.15) is 25.2 Å². The lowest BCUT2D eigenvalue weighted by atomic mass is 9.87. The van der Waals surface area contributed by atoms with E-state index in [0.29, 0.717) is 0 Å². The highest BCUT2D eigenvalue weighted by Gasteiger charge is 2.29. The minimum atomic E-state index is -0.304. The summed E-state index contributed by atoms with van der Waals surface area (Å²) in [5.74, 6) is 1.57. The molecule has 4 rings (SSSR count). The Labute approximate surface area is 165 Å². The summed E-state index contributed by atoms with van der Waals surface area (Å²) in [4.78, 5) is 18.0. The predicted molar refractivity (Wildman–Crippen MR) is 111 cm³/mol. The van der Waals surface area contributed by atoms with Crippen molar-refractivity contribution in [2.45, 2.75) is 19.3 Å². The molecule has 0 unspecified atom stereocenters. The molecule has 0 saturated carbocycles. The zero-order chi connectivity index (χ0) is 18.7. The fourth-order valence-electron chi connectivity index (χ4n) is 2.46. The molecule has 27 heavy (non-hydrogen) atoms. The predicted octanol–water partition coefficient (Wildman–Crippen LogP) is 5.20. The highest BCUT2D eigenvalue weighted by atomic mass is 32.1. The molecular weight excluding hydrogens is 376 g/mol. The molecular formula is C19H18N6S2. The number of anilines is 4. The van der Waals surface area contributed by atoms with Crippen molar-refractivity contribution in [1.82, 2.24) is 19.9 Å². The fraction of sp³-hybridized carbons (Fsp3) is 0.158. The topological polar surface area (TPSA) is 75.6 Å². The first kappa shape index (κ1) is 17.6. The molecule has 8 heteroatoms. The van der Waals surface area contributed by atoms with Gasteiger partial charge >= 0.3 is 0 Å². The standard InChI is InChI=1S/C19H18N6S2/c1-19(2,13-11-26-17(22-13)24-15-7-3-5-9-20-15)14-12-27-18(23-14)25-16-8-4-6-10-21-16/h3-12H,1-2H3,(H,20,22,24)(H,21,23,25). The van der Waals surface area contributed by atoms with Crippen LogP contribution in [-0.2, 0) is 5.41 Å². The molecule has 0 aliphatic carbocycles. The molecule has 2 N–H and O–H groups in total. The summed E-state index contributed by atoms with van der Waals surface area (Å²) in [5.41, 5.74) is 1.64. The lowest BCUT2D eigenvalue weighted by molar-refractivity contribution is 0.605. The van der Waals surface area contributed by atoms with Crippen LogP contribution in [0.5, 0.6) is 0 Å². The van der Waals surface area contributed by atoms with Gasteiger partial charge < -0.3 is 10.6 Å². The van der Waals surface area contributed by atoms with E-state index >= 15 is 0 Å². The van der Waals surface area contributed by atoms with E-state index in [1.54, 1.807) is 35.1 Å². The van der Waals surface area contributed by atoms with E-state index in [1.165, 1.54) is 0 Å². The summed E-state index contributed by atoms with van der Waals surface area (Å²) >= 11 is 3.13. The second-order valence-electron chi connectivity index (χ2n) is 6.38. The summed E-state index contributed by atoms with van der Waals surface area (Å²) in [6.07, 6.45) is 3.51. The fourth-order valence-corrected chi connectivity index (χ4v) is 4.23. The molecule has 4 aromatic rings. The molecule has 6 nitrogen and oxygen atoms in total. The van der Waals surface area contributed by atoms with Crippen LogP contribution in [0.3, 0.4) is 0 Å². The second kappa shape index (κ2) is 7.42. The van der Waals surface area contributed by atoms with Gasteiger partial charge in [-0.1, -0.05) is 12.1 Å². The van der Waals surface area contributed by atoms with E-state index in [0.717, 1.165) is 33.3 Å². The number of nitrogens with zero attached hydrogens (tertiary/aromatic N) is 4. The maximum Gasteiger partial charge on any atom is 0.188 e. The van der Waals surface area contributed by atoms with Crippen molar-refractivity contribution >= 4 is 44.6 Å². The van der Waals surface area contributed by atoms with Gasteiger partial charge in [0.15, 0.2) is 10.3 Å². The number of hydrogen-bond donors (Lipinski definition) is 2. The maximum absolute atomic E-state index is 4.75. The van der Waals surface area contributed by atoms with E-state index in [2.05, 4.69) is 45.2 Å². The summed E-state index contributed by atoms with van der Waals surface area (Å²) in [6, 6.07) is 11.5. The van der Waals surface area contributed by atoms with Gasteiger partial charge in [0.1, 0.15) is 11.6 Å². The van der Waals surface area contributed by atoms with Crippen molar-refractivity contribution in [3.8, 4) is 0 Å². The van der Waals surface area contributed by atoms with E-state index in [9.17, 15) is 0 Å². The van der Waals surface area contributed by atoms with Crippen molar-refractivity contribution in [3.63, 3.8) is 0 Å². The van der Waals surface area contributed by atoms with Crippen LogP contribution in [0.2, 0.25) is 0 Å². The largest absolute Gasteiger partial charge is 0.316 e. The normalized spacial score (nSPS) is 11.3. The van der Waals surface area contributed by atoms with Gasteiger partial charge in [-0.15, -0.1) is 22.7 Å². The number of thiazole rings is 2. The monoisotopic (exact) mass is 394 g/mol. The Balaban J connectivity index is 1.51. The van der Waals surface area contributed by atoms with Crippen molar-refractivity contribution < 1.29 is 0 Å². The van der Waals surface area contributed by atoms with Gasteiger partial charge in [-0.05, 0) is 38.1 Å². The van der Waals surface area contributed by atoms with Crippen molar-refractivity contribution in [3.05, 3.63) is 70.9 Å². The van der Waals surface area contributed by atoms with Crippen molar-refractivity contribution in [2.75, 3.05) is 10.6 Å². The minimum Gasteiger partial charge on any atom is -0.316 e. The van der Waals surface area contributed by atoms with Crippen LogP contribution in [0.4, 0.5) is 21.9 Å². The average molecular weight is 395 g/mol. The SMILES string of the molecule is CC(C)(c1csc(Nc2ccccn2)n1)c1csc(Nc2ccccn2)n1. The lowest BCUT2D eigenvalue weighted by Gasteiger charge is -2.19. The summed E-state index contributed by atoms with van der Waals surface area (Å²) in [5, 5.41) is 12.3. The van der Waals surface area contributed by atoms with Crippen LogP contribution >= 0.6 is 22.7 Å². The Bertz CT molecular complexity index is 929. The Morgan fingerprint density at radius 3 is 1.63 bits per heavy atom. The van der Waals surface area contributed by atoms with Gasteiger partial charge in [-0.25, -0.2) is 19.9 Å². The molecule has 0 aromatic carbocycles. The van der Waals surface area contributed by atoms with Crippen LogP contribution in [-0.4, -0.2) is 19.9 Å². The number of aromatic nitrogens is 4. The zero-order valence-corrected chi connectivity index (χ0v) is 16.5. The lowest BCUT2D eigenvalue weighted by Crippen LogP contribution is -2.20. The molecule has 0 radical (unpaired) electrons. The second-order valence-corrected chi connectivity index (χ2v) is 8.10. The maximum atomic E-state index is 4.75. The van der Waals surface area contributed by atoms with Crippen LogP contribution in [0.15, 0.2) is 59.6 Å². The molecule has 0 aliphatic rings. The molecule has 4 aromatic heterocycles. The molecule has 0 bridgehead atoms. The molecule has 0 saturated heterocycles. The van der Waals surface area contributed by atoms with E-state index in [-0.39, 0.29) is 5.41 Å². The minimum absolute atomic E-state index is 0.304. The van der Waals surface area contributed by atoms with Gasteiger partial charge in [0, 0.05) is 23.2 Å². The zero-order valence-electron chi connectivity index (χ0n) is 14.9. The molecule has 0 aliphatic heterocycles. The van der Waals surface area contributed by atoms with Crippen molar-refractivity contribution in [2.24, 2.45) is 0 Å². The number of hydrogen-bond acceptors (Lipinski definition) is 8. The van der Waals surface area contributed by atoms with E-state index in [1.807, 2.05) is 36.4 Å². The number of rotatable bonds is 6. The van der Waals surface area contributed by atoms with Crippen LogP contribution < -0.4 is 10.6 Å². The Morgan fingerprint density at radius 2 is 1.22 bits per heavy atom. The third-order valence-corrected chi connectivity index (χ3v) is 5.60. The highest BCUT2D eigenvalue weighted by Crippen LogP contribution is 2.35. The smallest absolute Gasteiger partial charge is 0.188 e. The first-order valence-corrected chi connectivity index (χ1v) is 10.2. The molecule has 136 valence electrons. The van der Waals surface area contributed by atoms with Crippen LogP contribution in [0.25, 0.3) is 0 Å². The third kappa shape index (κ3) is 3.96. The highest BCUT2D eigenvalue weighted by molar-refractivity contribution is 7.14. The first-order valence-electron chi connectivity index (χ1n) is 8.39. The molecule has 4 heterocycles. The number of nitrogens with one attached hydrogen (secondary N) is 2. The van der Waals surface area contributed by atoms with Crippen LogP contribution in [0, 0.1) is 0 Å². The van der Waals surface area contributed by atoms with E-state index < -0.39 is 0 Å². The van der Waals surface area contributed by atoms with Gasteiger partial charge in [0.2, 0.25) is 0 Å². The molecule has 0 spiro atoms. The average Bonchev–Trinajstić information content (AvgIpc) is 3.34. The van der Waals surface area contributed by atoms with Gasteiger partial charge in [-0.3, -0.25) is 0 Å². The number of pyridine rings is 2. The summed E-state index contributed by atoms with van der Waals surface area (Å²) < 4.78 is 0. The van der Waals surface area contributed by atoms with Crippen molar-refractivity contribution in [1.29, 1.82) is 0 Å². The molecule has 0 atom stereocenters. The third-order valence-electron chi connectivity index (χ3n) is 4.09. The molecule has 0 fully saturated rings. The van der Waals surface area contributed by atoms with Gasteiger partial charge in [-0.2, -0.15) is 0 Å². The Kier molecular flexibility index (Phi) is 4.83. The van der Waals surface area contributed by atoms with Gasteiger partial charge in [0.25, 0.3) is 0 Å². The van der Waals surface area contributed by atoms with Gasteiger partial charge in [0.05, 0.1) is 16.8 Å². The summed E-state index contributed by atoms with van der Waals surface area (Å²) in [7, 11) is 0. The molecule has 0 amide bonds. The first-order chi connectivity index (χ1) is 13.1. The Morgan fingerprint density at radius 1 is 0.741 bits per heavy atom. The summed E-state index contributed by atoms with van der Waals surface area (Å²) in [6.45, 7) is 4.26.